The van der Waals surface area contributed by atoms with Crippen LogP contribution in [0.25, 0.3) is 0 Å². The predicted molar refractivity (Wildman–Crippen MR) is 128 cm³/mol. The van der Waals surface area contributed by atoms with E-state index in [1.807, 2.05) is 54.6 Å². The van der Waals surface area contributed by atoms with Gasteiger partial charge in [0.1, 0.15) is 6.04 Å². The fourth-order valence-electron chi connectivity index (χ4n) is 3.97. The van der Waals surface area contributed by atoms with Crippen LogP contribution in [0.3, 0.4) is 0 Å². The standard InChI is InChI=1S/C25H33N5O4/c1-34-25(33)29-13-14-30(24(32)21(27)12-11-18-5-3-2-4-6-18)22(17-29)23(31)28-16-20-9-7-19(15-26)8-10-20/h2-10,21-22H,11-17,26-27H2,1H3,(H,28,31). The molecule has 0 aliphatic carbocycles. The number of hydrogen-bond donors (Lipinski definition) is 3. The molecule has 0 radical (unpaired) electrons. The van der Waals surface area contributed by atoms with Crippen LogP contribution in [-0.2, 0) is 33.8 Å². The second-order valence-corrected chi connectivity index (χ2v) is 8.33. The first-order valence-electron chi connectivity index (χ1n) is 11.4. The Morgan fingerprint density at radius 2 is 1.71 bits per heavy atom. The van der Waals surface area contributed by atoms with Gasteiger partial charge in [-0.1, -0.05) is 54.6 Å². The van der Waals surface area contributed by atoms with E-state index in [0.717, 1.165) is 16.7 Å². The highest BCUT2D eigenvalue weighted by molar-refractivity contribution is 5.90. The highest BCUT2D eigenvalue weighted by atomic mass is 16.5. The monoisotopic (exact) mass is 467 g/mol. The number of benzene rings is 2. The summed E-state index contributed by atoms with van der Waals surface area (Å²) in [6.07, 6.45) is 0.587. The molecule has 34 heavy (non-hydrogen) atoms. The van der Waals surface area contributed by atoms with Crippen molar-refractivity contribution in [2.75, 3.05) is 26.7 Å². The molecule has 182 valence electrons. The normalized spacial score (nSPS) is 16.6. The molecule has 3 rings (SSSR count). The average Bonchev–Trinajstić information content (AvgIpc) is 2.89. The summed E-state index contributed by atoms with van der Waals surface area (Å²) in [5.74, 6) is -0.645. The number of nitrogens with one attached hydrogen (secondary N) is 1. The Hall–Kier alpha value is -3.43. The number of piperazine rings is 1. The average molecular weight is 468 g/mol. The van der Waals surface area contributed by atoms with Crippen LogP contribution in [0, 0.1) is 0 Å². The first-order valence-corrected chi connectivity index (χ1v) is 11.4. The largest absolute Gasteiger partial charge is 0.453 e. The molecular formula is C25H33N5O4. The van der Waals surface area contributed by atoms with E-state index in [4.69, 9.17) is 16.2 Å². The zero-order valence-corrected chi connectivity index (χ0v) is 19.5. The van der Waals surface area contributed by atoms with E-state index in [1.165, 1.54) is 16.9 Å². The zero-order valence-electron chi connectivity index (χ0n) is 19.5. The third-order valence-electron chi connectivity index (χ3n) is 6.03. The molecule has 1 fully saturated rings. The number of carbonyl (C=O) groups is 3. The second-order valence-electron chi connectivity index (χ2n) is 8.33. The van der Waals surface area contributed by atoms with Crippen LogP contribution in [0.1, 0.15) is 23.1 Å². The van der Waals surface area contributed by atoms with Gasteiger partial charge in [0.2, 0.25) is 11.8 Å². The Balaban J connectivity index is 1.66. The van der Waals surface area contributed by atoms with Crippen LogP contribution in [-0.4, -0.2) is 66.5 Å². The highest BCUT2D eigenvalue weighted by Gasteiger charge is 2.38. The lowest BCUT2D eigenvalue weighted by Crippen LogP contribution is -2.63. The van der Waals surface area contributed by atoms with E-state index in [0.29, 0.717) is 25.9 Å². The first-order chi connectivity index (χ1) is 16.4. The third kappa shape index (κ3) is 6.55. The van der Waals surface area contributed by atoms with Crippen molar-refractivity contribution in [3.8, 4) is 0 Å². The molecule has 2 atom stereocenters. The Kier molecular flexibility index (Phi) is 9.00. The molecular weight excluding hydrogens is 434 g/mol. The lowest BCUT2D eigenvalue weighted by molar-refractivity contribution is -0.144. The number of amides is 3. The van der Waals surface area contributed by atoms with E-state index in [9.17, 15) is 14.4 Å². The van der Waals surface area contributed by atoms with Crippen LogP contribution >= 0.6 is 0 Å². The van der Waals surface area contributed by atoms with Crippen LogP contribution in [0.2, 0.25) is 0 Å². The topological polar surface area (TPSA) is 131 Å². The fraction of sp³-hybridized carbons (Fsp3) is 0.400. The van der Waals surface area contributed by atoms with Crippen molar-refractivity contribution in [1.82, 2.24) is 15.1 Å². The van der Waals surface area contributed by atoms with Gasteiger partial charge in [-0.15, -0.1) is 0 Å². The molecule has 0 spiro atoms. The molecule has 1 aliphatic heterocycles. The maximum absolute atomic E-state index is 13.2. The van der Waals surface area contributed by atoms with Gasteiger partial charge in [0.15, 0.2) is 0 Å². The van der Waals surface area contributed by atoms with Crippen molar-refractivity contribution in [2.24, 2.45) is 11.5 Å². The van der Waals surface area contributed by atoms with Gasteiger partial charge in [-0.05, 0) is 29.5 Å². The molecule has 0 aromatic heterocycles. The molecule has 9 heteroatoms. The van der Waals surface area contributed by atoms with E-state index >= 15 is 0 Å². The Labute approximate surface area is 200 Å². The number of nitrogens with two attached hydrogens (primary N) is 2. The SMILES string of the molecule is COC(=O)N1CCN(C(=O)C(N)CCc2ccccc2)C(C(=O)NCc2ccc(CN)cc2)C1. The molecule has 1 heterocycles. The van der Waals surface area contributed by atoms with Gasteiger partial charge < -0.3 is 31.3 Å². The fourth-order valence-corrected chi connectivity index (χ4v) is 3.97. The van der Waals surface area contributed by atoms with Gasteiger partial charge in [0.25, 0.3) is 0 Å². The summed E-state index contributed by atoms with van der Waals surface area (Å²) in [5, 5.41) is 2.88. The van der Waals surface area contributed by atoms with Gasteiger partial charge >= 0.3 is 6.09 Å². The van der Waals surface area contributed by atoms with E-state index in [2.05, 4.69) is 5.32 Å². The van der Waals surface area contributed by atoms with Crippen molar-refractivity contribution in [2.45, 2.75) is 38.0 Å². The summed E-state index contributed by atoms with van der Waals surface area (Å²) >= 11 is 0. The van der Waals surface area contributed by atoms with Crippen molar-refractivity contribution < 1.29 is 19.1 Å². The van der Waals surface area contributed by atoms with Gasteiger partial charge in [0.05, 0.1) is 19.7 Å². The van der Waals surface area contributed by atoms with Crippen LogP contribution < -0.4 is 16.8 Å². The van der Waals surface area contributed by atoms with Crippen LogP contribution in [0.15, 0.2) is 54.6 Å². The van der Waals surface area contributed by atoms with Gasteiger partial charge in [0, 0.05) is 26.2 Å². The maximum Gasteiger partial charge on any atom is 0.409 e. The van der Waals surface area contributed by atoms with Crippen LogP contribution in [0.4, 0.5) is 4.79 Å². The Morgan fingerprint density at radius 3 is 2.35 bits per heavy atom. The van der Waals surface area contributed by atoms with Gasteiger partial charge in [-0.3, -0.25) is 9.59 Å². The summed E-state index contributed by atoms with van der Waals surface area (Å²) in [6.45, 7) is 1.26. The number of hydrogen-bond acceptors (Lipinski definition) is 6. The molecule has 1 saturated heterocycles. The lowest BCUT2D eigenvalue weighted by Gasteiger charge is -2.40. The van der Waals surface area contributed by atoms with E-state index in [-0.39, 0.29) is 31.4 Å². The minimum absolute atomic E-state index is 0.0434. The van der Waals surface area contributed by atoms with Crippen molar-refractivity contribution in [3.05, 3.63) is 71.3 Å². The van der Waals surface area contributed by atoms with Crippen molar-refractivity contribution in [1.29, 1.82) is 0 Å². The van der Waals surface area contributed by atoms with Crippen molar-refractivity contribution in [3.63, 3.8) is 0 Å². The molecule has 3 amide bonds. The summed E-state index contributed by atoms with van der Waals surface area (Å²) in [7, 11) is 1.29. The molecule has 0 bridgehead atoms. The summed E-state index contributed by atoms with van der Waals surface area (Å²) < 4.78 is 4.82. The number of ether oxygens (including phenoxy) is 1. The number of aryl methyl sites for hydroxylation is 1. The summed E-state index contributed by atoms with van der Waals surface area (Å²) in [4.78, 5) is 41.3. The lowest BCUT2D eigenvalue weighted by atomic mass is 10.0. The molecule has 2 aromatic carbocycles. The molecule has 1 aliphatic rings. The van der Waals surface area contributed by atoms with E-state index < -0.39 is 18.2 Å². The summed E-state index contributed by atoms with van der Waals surface area (Å²) in [5.41, 5.74) is 14.9. The second kappa shape index (κ2) is 12.2. The first kappa shape index (κ1) is 25.2. The highest BCUT2D eigenvalue weighted by Crippen LogP contribution is 2.15. The summed E-state index contributed by atoms with van der Waals surface area (Å²) in [6, 6.07) is 15.8. The molecule has 2 unspecified atom stereocenters. The number of carbonyl (C=O) groups excluding carboxylic acids is 3. The van der Waals surface area contributed by atoms with Gasteiger partial charge in [-0.25, -0.2) is 4.79 Å². The quantitative estimate of drug-likeness (QED) is 0.531. The minimum atomic E-state index is -0.855. The number of rotatable bonds is 8. The Morgan fingerprint density at radius 1 is 1.03 bits per heavy atom. The molecule has 0 saturated carbocycles. The number of methoxy groups -OCH3 is 1. The van der Waals surface area contributed by atoms with E-state index in [1.54, 1.807) is 0 Å². The van der Waals surface area contributed by atoms with Crippen molar-refractivity contribution >= 4 is 17.9 Å². The minimum Gasteiger partial charge on any atom is -0.453 e. The zero-order chi connectivity index (χ0) is 24.5. The smallest absolute Gasteiger partial charge is 0.409 e. The van der Waals surface area contributed by atoms with Gasteiger partial charge in [-0.2, -0.15) is 0 Å². The molecule has 2 aromatic rings. The number of nitrogens with zero attached hydrogens (tertiary/aromatic N) is 2. The molecule has 9 nitrogen and oxygen atoms in total. The van der Waals surface area contributed by atoms with Crippen LogP contribution in [0.5, 0.6) is 0 Å². The Bertz CT molecular complexity index is 967. The molecule has 5 N–H and O–H groups in total. The third-order valence-corrected chi connectivity index (χ3v) is 6.03. The maximum atomic E-state index is 13.2. The predicted octanol–water partition coefficient (Wildman–Crippen LogP) is 1.00.